The smallest absolute Gasteiger partial charge is 0.756 e. The number of hydrogen-bond acceptors (Lipinski definition) is 12. The van der Waals surface area contributed by atoms with E-state index in [1.807, 2.05) is 0 Å². The Bertz CT molecular complexity index is 1030. The summed E-state index contributed by atoms with van der Waals surface area (Å²) < 4.78 is 21.5. The van der Waals surface area contributed by atoms with Gasteiger partial charge in [0.2, 0.25) is 0 Å². The normalized spacial score (nSPS) is 25.6. The van der Waals surface area contributed by atoms with Gasteiger partial charge in [0.1, 0.15) is 30.7 Å². The minimum atomic E-state index is -5.08. The molecule has 1 unspecified atom stereocenters. The van der Waals surface area contributed by atoms with Crippen molar-refractivity contribution >= 4 is 36.7 Å². The molecule has 6 atom stereocenters. The van der Waals surface area contributed by atoms with E-state index in [1.54, 1.807) is 0 Å². The number of aliphatic hydroxyl groups excluding tert-OH is 2. The Labute approximate surface area is 200 Å². The van der Waals surface area contributed by atoms with Crippen LogP contribution in [0, 0.1) is 0 Å². The number of aliphatic carboxylic acids is 2. The summed E-state index contributed by atoms with van der Waals surface area (Å²) in [7, 11) is -5.08. The Kier molecular flexibility index (Phi) is 8.69. The number of ether oxygens (including phenoxy) is 1. The predicted octanol–water partition coefficient (Wildman–Crippen LogP) is -5.73. The number of hydrogen-bond donors (Lipinski definition) is 6. The number of imidazole rings is 1. The van der Waals surface area contributed by atoms with E-state index in [9.17, 15) is 34.4 Å². The molecule has 0 saturated carbocycles. The average Bonchev–Trinajstić information content (AvgIpc) is 3.21. The SMILES string of the molecule is O=C(O)C[C@H](Nc1ncnc2c1ncn2[C@@H]1O[C@H](COP(=O)([O-])O)[C@@H](O)[C@H]1O)C(=O)O.[Na+]. The van der Waals surface area contributed by atoms with Crippen molar-refractivity contribution in [2.75, 3.05) is 11.9 Å². The molecule has 3 heterocycles. The molecular formula is C14H17N5NaO11P. The van der Waals surface area contributed by atoms with Gasteiger partial charge >= 0.3 is 41.5 Å². The van der Waals surface area contributed by atoms with Gasteiger partial charge in [-0.1, -0.05) is 0 Å². The molecule has 1 aliphatic rings. The standard InChI is InChI=1S/C14H18N5O11P.Na/c20-7(21)1-5(14(24)25)18-11-8-12(16-3-15-11)19(4-17-8)13-10(23)9(22)6(30-13)2-29-31(26,27)28;/h3-6,9-10,13,22-23H,1-2H2,(H,20,21)(H,24,25)(H,15,16,18)(H2,26,27,28);/q;+1/p-1/t5-,6+,9+,10+,13+;/m0./s1. The molecule has 1 aliphatic heterocycles. The van der Waals surface area contributed by atoms with Crippen molar-refractivity contribution in [3.63, 3.8) is 0 Å². The van der Waals surface area contributed by atoms with Crippen LogP contribution in [-0.4, -0.2) is 87.7 Å². The quantitative estimate of drug-likeness (QED) is 0.143. The second-order valence-corrected chi connectivity index (χ2v) is 7.69. The number of anilines is 1. The summed E-state index contributed by atoms with van der Waals surface area (Å²) in [5, 5.41) is 40.9. The van der Waals surface area contributed by atoms with Gasteiger partial charge < -0.3 is 44.8 Å². The summed E-state index contributed by atoms with van der Waals surface area (Å²) in [6.45, 7) is -0.768. The maximum atomic E-state index is 11.3. The molecule has 6 N–H and O–H groups in total. The number of carbonyl (C=O) groups is 2. The van der Waals surface area contributed by atoms with Crippen molar-refractivity contribution in [2.45, 2.75) is 37.0 Å². The fraction of sp³-hybridized carbons (Fsp3) is 0.500. The number of aromatic nitrogens is 4. The fourth-order valence-electron chi connectivity index (χ4n) is 2.95. The molecule has 0 amide bonds. The van der Waals surface area contributed by atoms with Gasteiger partial charge in [0.05, 0.1) is 19.4 Å². The first-order chi connectivity index (χ1) is 14.5. The van der Waals surface area contributed by atoms with Crippen LogP contribution in [0.4, 0.5) is 5.82 Å². The number of phosphoric acid groups is 1. The summed E-state index contributed by atoms with van der Waals surface area (Å²) in [6, 6.07) is -1.52. The van der Waals surface area contributed by atoms with E-state index in [2.05, 4.69) is 24.8 Å². The molecule has 0 spiro atoms. The third-order valence-corrected chi connectivity index (χ3v) is 4.84. The van der Waals surface area contributed by atoms with Crippen molar-refractivity contribution in [3.05, 3.63) is 12.7 Å². The third kappa shape index (κ3) is 5.99. The van der Waals surface area contributed by atoms with Crippen LogP contribution in [0.2, 0.25) is 0 Å². The molecular weight excluding hydrogens is 468 g/mol. The van der Waals surface area contributed by atoms with Crippen LogP contribution in [0.3, 0.4) is 0 Å². The Hall–Kier alpha value is -1.72. The second-order valence-electron chi connectivity index (χ2n) is 6.49. The molecule has 3 rings (SSSR count). The summed E-state index contributed by atoms with van der Waals surface area (Å²) in [5.74, 6) is -2.89. The molecule has 16 nitrogen and oxygen atoms in total. The van der Waals surface area contributed by atoms with Gasteiger partial charge in [-0.25, -0.2) is 19.7 Å². The van der Waals surface area contributed by atoms with Crippen LogP contribution in [0.1, 0.15) is 12.6 Å². The molecule has 18 heteroatoms. The summed E-state index contributed by atoms with van der Waals surface area (Å²) in [6.07, 6.45) is -4.34. The maximum Gasteiger partial charge on any atom is 1.00 e. The van der Waals surface area contributed by atoms with Crippen LogP contribution in [0.15, 0.2) is 12.7 Å². The Morgan fingerprint density at radius 3 is 2.56 bits per heavy atom. The number of aliphatic hydroxyl groups is 2. The summed E-state index contributed by atoms with van der Waals surface area (Å²) >= 11 is 0. The molecule has 0 bridgehead atoms. The molecule has 0 radical (unpaired) electrons. The van der Waals surface area contributed by atoms with Gasteiger partial charge in [-0.3, -0.25) is 13.9 Å². The molecule has 32 heavy (non-hydrogen) atoms. The second kappa shape index (κ2) is 10.5. The number of carboxylic acids is 2. The molecule has 1 fully saturated rings. The molecule has 2 aromatic rings. The van der Waals surface area contributed by atoms with Crippen LogP contribution >= 0.6 is 7.82 Å². The van der Waals surface area contributed by atoms with Gasteiger partial charge in [-0.2, -0.15) is 0 Å². The summed E-state index contributed by atoms with van der Waals surface area (Å²) in [5.41, 5.74) is 0.0509. The molecule has 0 aliphatic carbocycles. The molecule has 2 aromatic heterocycles. The van der Waals surface area contributed by atoms with E-state index in [0.29, 0.717) is 0 Å². The monoisotopic (exact) mass is 485 g/mol. The third-order valence-electron chi connectivity index (χ3n) is 4.36. The first kappa shape index (κ1) is 26.5. The maximum absolute atomic E-state index is 11.3. The molecule has 0 aromatic carbocycles. The number of carboxylic acid groups (broad SMARTS) is 2. The van der Waals surface area contributed by atoms with Crippen LogP contribution in [0.5, 0.6) is 0 Å². The average molecular weight is 485 g/mol. The van der Waals surface area contributed by atoms with Gasteiger partial charge in [0, 0.05) is 0 Å². The van der Waals surface area contributed by atoms with Crippen molar-refractivity contribution in [1.29, 1.82) is 0 Å². The predicted molar refractivity (Wildman–Crippen MR) is 94.3 cm³/mol. The van der Waals surface area contributed by atoms with Gasteiger partial charge in [0.25, 0.3) is 7.82 Å². The molecule has 1 saturated heterocycles. The van der Waals surface area contributed by atoms with E-state index in [1.165, 1.54) is 4.57 Å². The van der Waals surface area contributed by atoms with E-state index < -0.39 is 63.4 Å². The fourth-order valence-corrected chi connectivity index (χ4v) is 3.28. The van der Waals surface area contributed by atoms with Crippen LogP contribution in [-0.2, 0) is 23.4 Å². The number of rotatable bonds is 9. The number of nitrogens with zero attached hydrogens (tertiary/aromatic N) is 4. The number of phosphoric ester groups is 1. The minimum Gasteiger partial charge on any atom is -0.756 e. The van der Waals surface area contributed by atoms with E-state index in [-0.39, 0.29) is 46.5 Å². The van der Waals surface area contributed by atoms with Crippen molar-refractivity contribution < 1.29 is 83.2 Å². The molecule has 170 valence electrons. The Morgan fingerprint density at radius 2 is 1.97 bits per heavy atom. The topological polar surface area (TPSA) is 250 Å². The Balaban J connectivity index is 0.00000363. The van der Waals surface area contributed by atoms with Crippen LogP contribution in [0.25, 0.3) is 11.2 Å². The first-order valence-corrected chi connectivity index (χ1v) is 10.1. The number of nitrogens with one attached hydrogen (secondary N) is 1. The van der Waals surface area contributed by atoms with E-state index in [4.69, 9.17) is 14.7 Å². The van der Waals surface area contributed by atoms with Crippen molar-refractivity contribution in [1.82, 2.24) is 19.5 Å². The van der Waals surface area contributed by atoms with Crippen molar-refractivity contribution in [2.24, 2.45) is 0 Å². The zero-order valence-corrected chi connectivity index (χ0v) is 19.3. The first-order valence-electron chi connectivity index (χ1n) is 8.56. The zero-order chi connectivity index (χ0) is 22.9. The van der Waals surface area contributed by atoms with Crippen molar-refractivity contribution in [3.8, 4) is 0 Å². The van der Waals surface area contributed by atoms with E-state index in [0.717, 1.165) is 12.7 Å². The van der Waals surface area contributed by atoms with Crippen LogP contribution < -0.4 is 39.8 Å². The summed E-state index contributed by atoms with van der Waals surface area (Å²) in [4.78, 5) is 53.4. The van der Waals surface area contributed by atoms with Gasteiger partial charge in [0.15, 0.2) is 23.2 Å². The largest absolute Gasteiger partial charge is 1.00 e. The zero-order valence-electron chi connectivity index (χ0n) is 16.4. The van der Waals surface area contributed by atoms with E-state index >= 15 is 0 Å². The minimum absolute atomic E-state index is 0. The Morgan fingerprint density at radius 1 is 1.28 bits per heavy atom. The van der Waals surface area contributed by atoms with Gasteiger partial charge in [-0.05, 0) is 0 Å². The number of fused-ring (bicyclic) bond motifs is 1. The van der Waals surface area contributed by atoms with Gasteiger partial charge in [-0.15, -0.1) is 0 Å².